The summed E-state index contributed by atoms with van der Waals surface area (Å²) in [5.41, 5.74) is 6.55. The highest BCUT2D eigenvalue weighted by Crippen LogP contribution is 2.36. The first-order valence-electron chi connectivity index (χ1n) is 7.04. The topological polar surface area (TPSA) is 46.3 Å². The molecule has 1 amide bonds. The second-order valence-corrected chi connectivity index (χ2v) is 6.79. The lowest BCUT2D eigenvalue weighted by Gasteiger charge is -2.27. The number of hydrogen-bond acceptors (Lipinski definition) is 2. The van der Waals surface area contributed by atoms with Crippen LogP contribution in [-0.4, -0.2) is 29.9 Å². The van der Waals surface area contributed by atoms with E-state index in [0.717, 1.165) is 32.4 Å². The zero-order chi connectivity index (χ0) is 14.3. The zero-order valence-corrected chi connectivity index (χ0v) is 12.8. The van der Waals surface area contributed by atoms with Gasteiger partial charge in [-0.3, -0.25) is 4.79 Å². The van der Waals surface area contributed by atoms with Crippen LogP contribution in [0.2, 0.25) is 0 Å². The van der Waals surface area contributed by atoms with Crippen LogP contribution in [0.25, 0.3) is 0 Å². The Morgan fingerprint density at radius 1 is 1.30 bits per heavy atom. The summed E-state index contributed by atoms with van der Waals surface area (Å²) in [7, 11) is 0. The highest BCUT2D eigenvalue weighted by atomic mass is 79.9. The van der Waals surface area contributed by atoms with Crippen LogP contribution in [0.3, 0.4) is 0 Å². The molecule has 5 heteroatoms. The van der Waals surface area contributed by atoms with Crippen molar-refractivity contribution in [3.8, 4) is 0 Å². The van der Waals surface area contributed by atoms with Gasteiger partial charge < -0.3 is 10.6 Å². The lowest BCUT2D eigenvalue weighted by Crippen LogP contribution is -2.32. The number of nitrogens with zero attached hydrogens (tertiary/aromatic N) is 1. The Morgan fingerprint density at radius 3 is 2.80 bits per heavy atom. The molecule has 2 aliphatic rings. The van der Waals surface area contributed by atoms with Gasteiger partial charge in [0.1, 0.15) is 5.82 Å². The van der Waals surface area contributed by atoms with Crippen LogP contribution in [0.15, 0.2) is 22.7 Å². The minimum absolute atomic E-state index is 0.00586. The monoisotopic (exact) mass is 340 g/mol. The molecule has 2 N–H and O–H groups in total. The number of fused-ring (bicyclic) bond motifs is 1. The summed E-state index contributed by atoms with van der Waals surface area (Å²) in [4.78, 5) is 14.4. The number of amides is 1. The molecule has 20 heavy (non-hydrogen) atoms. The summed E-state index contributed by atoms with van der Waals surface area (Å²) in [6, 6.07) is 4.73. The molecular weight excluding hydrogens is 323 g/mol. The number of rotatable bonds is 1. The first kappa shape index (κ1) is 14.0. The van der Waals surface area contributed by atoms with Gasteiger partial charge in [-0.2, -0.15) is 0 Å². The predicted octanol–water partition coefficient (Wildman–Crippen LogP) is 2.79. The molecule has 3 rings (SSSR count). The average molecular weight is 341 g/mol. The molecule has 3 nitrogen and oxygen atoms in total. The molecular formula is C15H18BrFN2O. The Morgan fingerprint density at radius 2 is 2.05 bits per heavy atom. The van der Waals surface area contributed by atoms with Gasteiger partial charge in [0, 0.05) is 24.7 Å². The summed E-state index contributed by atoms with van der Waals surface area (Å²) < 4.78 is 13.6. The second-order valence-electron chi connectivity index (χ2n) is 5.93. The molecule has 1 aliphatic carbocycles. The van der Waals surface area contributed by atoms with Gasteiger partial charge in [0.05, 0.1) is 4.47 Å². The first-order valence-corrected chi connectivity index (χ1v) is 7.84. The van der Waals surface area contributed by atoms with Crippen LogP contribution in [0.4, 0.5) is 4.39 Å². The van der Waals surface area contributed by atoms with Crippen molar-refractivity contribution >= 4 is 21.8 Å². The molecule has 0 aromatic heterocycles. The van der Waals surface area contributed by atoms with Crippen molar-refractivity contribution < 1.29 is 9.18 Å². The van der Waals surface area contributed by atoms with E-state index in [9.17, 15) is 9.18 Å². The van der Waals surface area contributed by atoms with Crippen LogP contribution < -0.4 is 5.73 Å². The van der Waals surface area contributed by atoms with Crippen molar-refractivity contribution in [2.24, 2.45) is 17.6 Å². The standard InChI is InChI=1S/C15H18BrFN2O/c16-13-6-9(2-4-14(13)17)15(20)19-7-10-1-3-12(18)5-11(10)8-19/h2,4,6,10-12H,1,3,5,7-8,18H2/t10-,11+,12?/m1/s1. The Hall–Kier alpha value is -0.940. The van der Waals surface area contributed by atoms with Gasteiger partial charge >= 0.3 is 0 Å². The van der Waals surface area contributed by atoms with Crippen LogP contribution in [0.1, 0.15) is 29.6 Å². The van der Waals surface area contributed by atoms with Crippen molar-refractivity contribution in [2.45, 2.75) is 25.3 Å². The number of carbonyl (C=O) groups excluding carboxylic acids is 1. The number of benzene rings is 1. The Kier molecular flexibility index (Phi) is 3.82. The maximum atomic E-state index is 13.2. The van der Waals surface area contributed by atoms with Gasteiger partial charge in [-0.15, -0.1) is 0 Å². The third-order valence-electron chi connectivity index (χ3n) is 4.54. The van der Waals surface area contributed by atoms with Crippen LogP contribution in [-0.2, 0) is 0 Å². The molecule has 1 heterocycles. The molecule has 1 aromatic rings. The van der Waals surface area contributed by atoms with Gasteiger partial charge in [0.2, 0.25) is 0 Å². The number of hydrogen-bond donors (Lipinski definition) is 1. The third kappa shape index (κ3) is 2.61. The van der Waals surface area contributed by atoms with Crippen molar-refractivity contribution in [2.75, 3.05) is 13.1 Å². The molecule has 3 atom stereocenters. The normalized spacial score (nSPS) is 29.4. The van der Waals surface area contributed by atoms with Gasteiger partial charge in [0.15, 0.2) is 0 Å². The predicted molar refractivity (Wildman–Crippen MR) is 78.8 cm³/mol. The zero-order valence-electron chi connectivity index (χ0n) is 11.2. The molecule has 1 unspecified atom stereocenters. The fourth-order valence-electron chi connectivity index (χ4n) is 3.45. The van der Waals surface area contributed by atoms with Crippen molar-refractivity contribution in [1.82, 2.24) is 4.90 Å². The number of halogens is 2. The molecule has 1 saturated heterocycles. The minimum Gasteiger partial charge on any atom is -0.338 e. The Balaban J connectivity index is 1.73. The van der Waals surface area contributed by atoms with E-state index in [4.69, 9.17) is 5.73 Å². The van der Waals surface area contributed by atoms with Crippen LogP contribution in [0.5, 0.6) is 0 Å². The van der Waals surface area contributed by atoms with Crippen molar-refractivity contribution in [3.05, 3.63) is 34.1 Å². The highest BCUT2D eigenvalue weighted by molar-refractivity contribution is 9.10. The van der Waals surface area contributed by atoms with Crippen molar-refractivity contribution in [3.63, 3.8) is 0 Å². The van der Waals surface area contributed by atoms with E-state index >= 15 is 0 Å². The molecule has 1 aliphatic heterocycles. The second kappa shape index (κ2) is 5.45. The van der Waals surface area contributed by atoms with Gasteiger partial charge in [-0.25, -0.2) is 4.39 Å². The SMILES string of the molecule is NC1CC[C@@H]2CN(C(=O)c3ccc(F)c(Br)c3)C[C@@H]2C1. The van der Waals surface area contributed by atoms with E-state index in [1.807, 2.05) is 4.90 Å². The largest absolute Gasteiger partial charge is 0.338 e. The summed E-state index contributed by atoms with van der Waals surface area (Å²) in [5.74, 6) is 0.769. The van der Waals surface area contributed by atoms with E-state index in [-0.39, 0.29) is 17.8 Å². The summed E-state index contributed by atoms with van der Waals surface area (Å²) in [6.45, 7) is 1.59. The molecule has 1 aromatic carbocycles. The maximum absolute atomic E-state index is 13.2. The number of nitrogens with two attached hydrogens (primary N) is 1. The summed E-state index contributed by atoms with van der Waals surface area (Å²) in [5, 5.41) is 0. The Bertz CT molecular complexity index is 537. The fraction of sp³-hybridized carbons (Fsp3) is 0.533. The summed E-state index contributed by atoms with van der Waals surface area (Å²) >= 11 is 3.13. The highest BCUT2D eigenvalue weighted by Gasteiger charge is 2.38. The first-order chi connectivity index (χ1) is 9.54. The van der Waals surface area contributed by atoms with E-state index in [2.05, 4.69) is 15.9 Å². The van der Waals surface area contributed by atoms with E-state index in [1.54, 1.807) is 12.1 Å². The van der Waals surface area contributed by atoms with Crippen LogP contribution in [0, 0.1) is 17.7 Å². The number of carbonyl (C=O) groups is 1. The molecule has 0 bridgehead atoms. The number of likely N-dealkylation sites (tertiary alicyclic amines) is 1. The van der Waals surface area contributed by atoms with Gasteiger partial charge in [0.25, 0.3) is 5.91 Å². The smallest absolute Gasteiger partial charge is 0.253 e. The summed E-state index contributed by atoms with van der Waals surface area (Å²) in [6.07, 6.45) is 3.19. The molecule has 108 valence electrons. The molecule has 2 fully saturated rings. The van der Waals surface area contributed by atoms with E-state index in [0.29, 0.717) is 21.9 Å². The van der Waals surface area contributed by atoms with Crippen molar-refractivity contribution in [1.29, 1.82) is 0 Å². The quantitative estimate of drug-likeness (QED) is 0.854. The van der Waals surface area contributed by atoms with E-state index in [1.165, 1.54) is 6.07 Å². The van der Waals surface area contributed by atoms with Gasteiger partial charge in [-0.1, -0.05) is 0 Å². The molecule has 0 spiro atoms. The minimum atomic E-state index is -0.345. The molecule has 0 radical (unpaired) electrons. The Labute approximate surface area is 126 Å². The van der Waals surface area contributed by atoms with E-state index < -0.39 is 0 Å². The molecule has 1 saturated carbocycles. The van der Waals surface area contributed by atoms with Gasteiger partial charge in [-0.05, 0) is 65.2 Å². The lowest BCUT2D eigenvalue weighted by molar-refractivity contribution is 0.0784. The fourth-order valence-corrected chi connectivity index (χ4v) is 3.82. The lowest BCUT2D eigenvalue weighted by atomic mass is 9.79. The maximum Gasteiger partial charge on any atom is 0.253 e. The average Bonchev–Trinajstić information content (AvgIpc) is 2.84. The third-order valence-corrected chi connectivity index (χ3v) is 5.15. The van der Waals surface area contributed by atoms with Crippen LogP contribution >= 0.6 is 15.9 Å².